The minimum absolute atomic E-state index is 0.0407. The SMILES string of the molecule is CCCCCC/C=C/CCCCCCCCCC(=O)OCC(COCCC(C(=O)[O-])[N+](C)(C)C)OC(=O)CCCCCCCCC/C=C/CCCCCCCCCC. The summed E-state index contributed by atoms with van der Waals surface area (Å²) in [7, 11) is 5.41. The van der Waals surface area contributed by atoms with Gasteiger partial charge < -0.3 is 28.6 Å². The number of rotatable bonds is 44. The van der Waals surface area contributed by atoms with Gasteiger partial charge in [0.2, 0.25) is 0 Å². The van der Waals surface area contributed by atoms with Crippen molar-refractivity contribution in [2.24, 2.45) is 0 Å². The number of hydrogen-bond donors (Lipinski definition) is 0. The first-order chi connectivity index (χ1) is 28.1. The number of allylic oxidation sites excluding steroid dienone is 4. The van der Waals surface area contributed by atoms with Crippen molar-refractivity contribution < 1.29 is 38.2 Å². The number of carbonyl (C=O) groups is 3. The molecule has 0 saturated heterocycles. The van der Waals surface area contributed by atoms with Crippen molar-refractivity contribution in [1.82, 2.24) is 0 Å². The first kappa shape index (κ1) is 55.8. The fourth-order valence-electron chi connectivity index (χ4n) is 7.24. The summed E-state index contributed by atoms with van der Waals surface area (Å²) in [4.78, 5) is 36.9. The highest BCUT2D eigenvalue weighted by Gasteiger charge is 2.25. The second-order valence-electron chi connectivity index (χ2n) is 17.7. The van der Waals surface area contributed by atoms with Gasteiger partial charge >= 0.3 is 11.9 Å². The monoisotopic (exact) mass is 820 g/mol. The van der Waals surface area contributed by atoms with Crippen molar-refractivity contribution in [3.63, 3.8) is 0 Å². The number of likely N-dealkylation sites (N-methyl/N-ethyl adjacent to an activating group) is 1. The Morgan fingerprint density at radius 1 is 0.500 bits per heavy atom. The van der Waals surface area contributed by atoms with Gasteiger partial charge in [0.15, 0.2) is 6.10 Å². The lowest BCUT2D eigenvalue weighted by molar-refractivity contribution is -0.889. The predicted molar refractivity (Wildman–Crippen MR) is 240 cm³/mol. The van der Waals surface area contributed by atoms with Gasteiger partial charge in [-0.15, -0.1) is 0 Å². The molecular weight excluding hydrogens is 727 g/mol. The van der Waals surface area contributed by atoms with E-state index < -0.39 is 18.1 Å². The highest BCUT2D eigenvalue weighted by Crippen LogP contribution is 2.15. The van der Waals surface area contributed by atoms with Crippen molar-refractivity contribution in [3.05, 3.63) is 24.3 Å². The molecule has 0 rings (SSSR count). The fraction of sp³-hybridized carbons (Fsp3) is 0.860. The zero-order valence-corrected chi connectivity index (χ0v) is 38.7. The molecule has 0 aromatic heterocycles. The number of nitrogens with zero attached hydrogens (tertiary/aromatic N) is 1. The van der Waals surface area contributed by atoms with Crippen LogP contribution in [0, 0.1) is 0 Å². The van der Waals surface area contributed by atoms with E-state index in [1.807, 2.05) is 0 Å². The van der Waals surface area contributed by atoms with E-state index in [0.717, 1.165) is 38.5 Å². The minimum Gasteiger partial charge on any atom is -0.544 e. The van der Waals surface area contributed by atoms with Gasteiger partial charge in [0, 0.05) is 19.3 Å². The van der Waals surface area contributed by atoms with Gasteiger partial charge in [-0.25, -0.2) is 0 Å². The molecule has 8 nitrogen and oxygen atoms in total. The number of ether oxygens (including phenoxy) is 3. The van der Waals surface area contributed by atoms with Crippen LogP contribution in [0.25, 0.3) is 0 Å². The standard InChI is InChI=1S/C50H93NO7/c1-6-8-10-12-14-16-18-20-22-23-24-25-27-29-31-33-35-37-39-41-49(53)58-46(44-56-43-42-47(50(54)55)51(3,4)5)45-57-48(52)40-38-36-34-32-30-28-26-21-19-17-15-13-11-9-7-2/h17,19,23-24,46-47H,6-16,18,20-22,25-45H2,1-5H3/b19-17+,24-23+. The van der Waals surface area contributed by atoms with Crippen LogP contribution in [0.4, 0.5) is 0 Å². The molecule has 0 saturated carbocycles. The van der Waals surface area contributed by atoms with Crippen molar-refractivity contribution in [2.75, 3.05) is 41.0 Å². The lowest BCUT2D eigenvalue weighted by Crippen LogP contribution is -2.55. The first-order valence-corrected chi connectivity index (χ1v) is 24.4. The second-order valence-corrected chi connectivity index (χ2v) is 17.7. The van der Waals surface area contributed by atoms with E-state index in [2.05, 4.69) is 38.2 Å². The Morgan fingerprint density at radius 3 is 1.26 bits per heavy atom. The van der Waals surface area contributed by atoms with Crippen LogP contribution >= 0.6 is 0 Å². The lowest BCUT2D eigenvalue weighted by Gasteiger charge is -2.34. The van der Waals surface area contributed by atoms with Crippen LogP contribution in [-0.4, -0.2) is 75.5 Å². The molecule has 0 amide bonds. The van der Waals surface area contributed by atoms with Crippen molar-refractivity contribution >= 4 is 17.9 Å². The maximum absolute atomic E-state index is 12.8. The van der Waals surface area contributed by atoms with E-state index in [4.69, 9.17) is 14.2 Å². The van der Waals surface area contributed by atoms with E-state index in [1.165, 1.54) is 154 Å². The number of aliphatic carboxylic acids is 1. The maximum atomic E-state index is 12.8. The summed E-state index contributed by atoms with van der Waals surface area (Å²) < 4.78 is 17.2. The van der Waals surface area contributed by atoms with Crippen molar-refractivity contribution in [3.8, 4) is 0 Å². The summed E-state index contributed by atoms with van der Waals surface area (Å²) in [5, 5.41) is 11.6. The average molecular weight is 820 g/mol. The van der Waals surface area contributed by atoms with E-state index in [-0.39, 0.29) is 42.7 Å². The van der Waals surface area contributed by atoms with Gasteiger partial charge in [0.05, 0.1) is 40.3 Å². The van der Waals surface area contributed by atoms with Crippen LogP contribution in [-0.2, 0) is 28.6 Å². The van der Waals surface area contributed by atoms with Gasteiger partial charge in [0.25, 0.3) is 0 Å². The molecule has 0 aromatic carbocycles. The van der Waals surface area contributed by atoms with Gasteiger partial charge in [-0.2, -0.15) is 0 Å². The molecule has 0 heterocycles. The van der Waals surface area contributed by atoms with E-state index >= 15 is 0 Å². The third kappa shape index (κ3) is 39.3. The first-order valence-electron chi connectivity index (χ1n) is 24.4. The Labute approximate surface area is 358 Å². The predicted octanol–water partition coefficient (Wildman–Crippen LogP) is 12.3. The smallest absolute Gasteiger partial charge is 0.306 e. The molecule has 0 aliphatic rings. The van der Waals surface area contributed by atoms with Crippen LogP contribution < -0.4 is 5.11 Å². The van der Waals surface area contributed by atoms with E-state index in [0.29, 0.717) is 12.8 Å². The molecule has 0 aromatic rings. The van der Waals surface area contributed by atoms with Crippen LogP contribution in [0.2, 0.25) is 0 Å². The summed E-state index contributed by atoms with van der Waals surface area (Å²) >= 11 is 0. The molecule has 58 heavy (non-hydrogen) atoms. The molecule has 0 aliphatic carbocycles. The van der Waals surface area contributed by atoms with Crippen molar-refractivity contribution in [2.45, 2.75) is 238 Å². The molecule has 0 bridgehead atoms. The zero-order valence-electron chi connectivity index (χ0n) is 38.7. The molecule has 2 unspecified atom stereocenters. The molecule has 0 spiro atoms. The summed E-state index contributed by atoms with van der Waals surface area (Å²) in [5.74, 6) is -1.74. The van der Waals surface area contributed by atoms with Crippen LogP contribution in [0.1, 0.15) is 226 Å². The highest BCUT2D eigenvalue weighted by molar-refractivity contribution is 5.70. The lowest BCUT2D eigenvalue weighted by atomic mass is 10.1. The molecule has 340 valence electrons. The van der Waals surface area contributed by atoms with Gasteiger partial charge in [-0.3, -0.25) is 9.59 Å². The quantitative estimate of drug-likeness (QED) is 0.0261. The second kappa shape index (κ2) is 41.5. The summed E-state index contributed by atoms with van der Waals surface area (Å²) in [6.45, 7) is 4.66. The minimum atomic E-state index is -1.12. The fourth-order valence-corrected chi connectivity index (χ4v) is 7.24. The molecule has 0 aliphatic heterocycles. The zero-order chi connectivity index (χ0) is 42.8. The molecular formula is C50H93NO7. The van der Waals surface area contributed by atoms with Crippen molar-refractivity contribution in [1.29, 1.82) is 0 Å². The molecule has 8 heteroatoms. The average Bonchev–Trinajstić information content (AvgIpc) is 3.18. The Hall–Kier alpha value is -2.19. The number of quaternary nitrogens is 1. The Balaban J connectivity index is 4.27. The normalized spacial score (nSPS) is 13.1. The summed E-state index contributed by atoms with van der Waals surface area (Å²) in [5.41, 5.74) is 0. The third-order valence-corrected chi connectivity index (χ3v) is 11.1. The molecule has 2 atom stereocenters. The van der Waals surface area contributed by atoms with Gasteiger partial charge in [-0.05, 0) is 64.2 Å². The van der Waals surface area contributed by atoms with E-state index in [1.54, 1.807) is 21.1 Å². The van der Waals surface area contributed by atoms with Gasteiger partial charge in [0.1, 0.15) is 12.6 Å². The Bertz CT molecular complexity index is 1000. The third-order valence-electron chi connectivity index (χ3n) is 11.1. The maximum Gasteiger partial charge on any atom is 0.306 e. The number of carbonyl (C=O) groups excluding carboxylic acids is 3. The number of carboxylic acids is 1. The molecule has 0 N–H and O–H groups in total. The number of esters is 2. The number of unbranched alkanes of at least 4 members (excludes halogenated alkanes) is 26. The van der Waals surface area contributed by atoms with E-state index in [9.17, 15) is 19.5 Å². The molecule has 0 fully saturated rings. The number of hydrogen-bond acceptors (Lipinski definition) is 7. The Kier molecular flexibility index (Phi) is 40.0. The topological polar surface area (TPSA) is 102 Å². The van der Waals surface area contributed by atoms with Crippen LogP contribution in [0.15, 0.2) is 24.3 Å². The summed E-state index contributed by atoms with van der Waals surface area (Å²) in [6.07, 6.45) is 46.3. The Morgan fingerprint density at radius 2 is 0.862 bits per heavy atom. The van der Waals surface area contributed by atoms with Crippen LogP contribution in [0.5, 0.6) is 0 Å². The van der Waals surface area contributed by atoms with Crippen LogP contribution in [0.3, 0.4) is 0 Å². The number of carboxylic acid groups (broad SMARTS) is 1. The summed E-state index contributed by atoms with van der Waals surface area (Å²) in [6, 6.07) is -0.725. The van der Waals surface area contributed by atoms with Gasteiger partial charge in [-0.1, -0.05) is 167 Å². The molecule has 0 radical (unpaired) electrons. The largest absolute Gasteiger partial charge is 0.544 e. The highest BCUT2D eigenvalue weighted by atomic mass is 16.6.